The van der Waals surface area contributed by atoms with Crippen LogP contribution in [0.4, 0.5) is 0 Å². The van der Waals surface area contributed by atoms with Crippen molar-refractivity contribution in [2.75, 3.05) is 14.2 Å². The molecule has 0 heterocycles. The molecule has 4 heteroatoms. The highest BCUT2D eigenvalue weighted by Gasteiger charge is 2.46. The fourth-order valence-electron chi connectivity index (χ4n) is 1.74. The number of methoxy groups -OCH3 is 2. The molecule has 0 spiro atoms. The average molecular weight is 215 g/mol. The summed E-state index contributed by atoms with van der Waals surface area (Å²) in [6.45, 7) is 5.58. The zero-order valence-electron chi connectivity index (χ0n) is 9.67. The summed E-state index contributed by atoms with van der Waals surface area (Å²) in [7, 11) is 2.55. The Morgan fingerprint density at radius 3 is 1.87 bits per heavy atom. The fraction of sp³-hybridized carbons (Fsp3) is 0.727. The number of ether oxygens (including phenoxy) is 2. The third-order valence-electron chi connectivity index (χ3n) is 2.43. The minimum absolute atomic E-state index is 0.361. The maximum absolute atomic E-state index is 11.7. The standard InChI is InChI=1S/C11H19O4/c1-5-7-11(8-6-2,9(12)14-3)10(13)15-4/h1,5-8H2,2-4H3. The molecule has 0 aliphatic carbocycles. The number of carbonyl (C=O) groups excluding carboxylic acids is 2. The summed E-state index contributed by atoms with van der Waals surface area (Å²) in [5.74, 6) is -1.06. The highest BCUT2D eigenvalue weighted by molar-refractivity contribution is 5.99. The van der Waals surface area contributed by atoms with Crippen LogP contribution in [-0.2, 0) is 19.1 Å². The van der Waals surface area contributed by atoms with E-state index in [1.54, 1.807) is 0 Å². The van der Waals surface area contributed by atoms with Gasteiger partial charge in [-0.2, -0.15) is 0 Å². The molecule has 0 N–H and O–H groups in total. The first kappa shape index (κ1) is 13.9. The van der Waals surface area contributed by atoms with Gasteiger partial charge in [0.15, 0.2) is 5.41 Å². The lowest BCUT2D eigenvalue weighted by molar-refractivity contribution is -0.170. The summed E-state index contributed by atoms with van der Waals surface area (Å²) in [6, 6.07) is 0. The number of hydrogen-bond acceptors (Lipinski definition) is 4. The smallest absolute Gasteiger partial charge is 0.323 e. The Hall–Kier alpha value is -1.06. The van der Waals surface area contributed by atoms with Gasteiger partial charge in [0.1, 0.15) is 0 Å². The Morgan fingerprint density at radius 1 is 1.13 bits per heavy atom. The largest absolute Gasteiger partial charge is 0.468 e. The monoisotopic (exact) mass is 215 g/mol. The minimum Gasteiger partial charge on any atom is -0.468 e. The van der Waals surface area contributed by atoms with Crippen LogP contribution in [0.3, 0.4) is 0 Å². The van der Waals surface area contributed by atoms with Gasteiger partial charge in [-0.15, -0.1) is 0 Å². The van der Waals surface area contributed by atoms with Crippen LogP contribution in [-0.4, -0.2) is 26.2 Å². The van der Waals surface area contributed by atoms with Crippen molar-refractivity contribution in [3.63, 3.8) is 0 Å². The predicted octanol–water partition coefficient (Wildman–Crippen LogP) is 1.73. The third kappa shape index (κ3) is 2.94. The quantitative estimate of drug-likeness (QED) is 0.500. The molecule has 0 aliphatic rings. The molecule has 4 nitrogen and oxygen atoms in total. The molecular formula is C11H19O4. The van der Waals surface area contributed by atoms with Gasteiger partial charge in [0, 0.05) is 0 Å². The van der Waals surface area contributed by atoms with Crippen molar-refractivity contribution in [1.29, 1.82) is 0 Å². The molecule has 0 amide bonds. The van der Waals surface area contributed by atoms with Crippen molar-refractivity contribution < 1.29 is 19.1 Å². The Balaban J connectivity index is 5.05. The van der Waals surface area contributed by atoms with E-state index in [1.807, 2.05) is 6.92 Å². The molecule has 1 radical (unpaired) electrons. The van der Waals surface area contributed by atoms with Gasteiger partial charge in [0.05, 0.1) is 14.2 Å². The van der Waals surface area contributed by atoms with Crippen molar-refractivity contribution >= 4 is 11.9 Å². The third-order valence-corrected chi connectivity index (χ3v) is 2.43. The minimum atomic E-state index is -1.17. The van der Waals surface area contributed by atoms with E-state index in [1.165, 1.54) is 14.2 Å². The van der Waals surface area contributed by atoms with Gasteiger partial charge < -0.3 is 9.47 Å². The molecule has 0 unspecified atom stereocenters. The van der Waals surface area contributed by atoms with E-state index in [4.69, 9.17) is 0 Å². The Labute approximate surface area is 90.9 Å². The Kier molecular flexibility index (Phi) is 5.97. The van der Waals surface area contributed by atoms with Gasteiger partial charge in [-0.3, -0.25) is 9.59 Å². The first-order valence-electron chi connectivity index (χ1n) is 5.05. The maximum atomic E-state index is 11.7. The van der Waals surface area contributed by atoms with Gasteiger partial charge in [-0.1, -0.05) is 26.7 Å². The fourth-order valence-corrected chi connectivity index (χ4v) is 1.74. The number of esters is 2. The number of rotatable bonds is 6. The Morgan fingerprint density at radius 2 is 1.60 bits per heavy atom. The lowest BCUT2D eigenvalue weighted by atomic mass is 9.79. The maximum Gasteiger partial charge on any atom is 0.323 e. The van der Waals surface area contributed by atoms with E-state index in [2.05, 4.69) is 16.4 Å². The molecule has 0 aromatic rings. The molecule has 0 aromatic carbocycles. The molecule has 0 atom stereocenters. The summed E-state index contributed by atoms with van der Waals surface area (Å²) in [5.41, 5.74) is -1.17. The summed E-state index contributed by atoms with van der Waals surface area (Å²) in [4.78, 5) is 23.3. The van der Waals surface area contributed by atoms with E-state index in [0.717, 1.165) is 0 Å². The highest BCUT2D eigenvalue weighted by atomic mass is 16.5. The normalized spacial score (nSPS) is 10.9. The van der Waals surface area contributed by atoms with Crippen LogP contribution in [0.5, 0.6) is 0 Å². The molecule has 0 aromatic heterocycles. The molecule has 0 aliphatic heterocycles. The lowest BCUT2D eigenvalue weighted by Gasteiger charge is -2.27. The molecule has 0 bridgehead atoms. The van der Waals surface area contributed by atoms with Crippen LogP contribution in [0.15, 0.2) is 0 Å². The van der Waals surface area contributed by atoms with Crippen LogP contribution in [0, 0.1) is 12.3 Å². The molecular weight excluding hydrogens is 196 g/mol. The zero-order valence-corrected chi connectivity index (χ0v) is 9.67. The van der Waals surface area contributed by atoms with Crippen LogP contribution < -0.4 is 0 Å². The van der Waals surface area contributed by atoms with E-state index >= 15 is 0 Å². The number of carbonyl (C=O) groups is 2. The molecule has 0 saturated carbocycles. The van der Waals surface area contributed by atoms with E-state index < -0.39 is 17.4 Å². The highest BCUT2D eigenvalue weighted by Crippen LogP contribution is 2.32. The molecule has 0 saturated heterocycles. The van der Waals surface area contributed by atoms with E-state index in [-0.39, 0.29) is 0 Å². The van der Waals surface area contributed by atoms with Gasteiger partial charge in [-0.25, -0.2) is 0 Å². The SMILES string of the molecule is [CH2]CCC(CCC)(C(=O)OC)C(=O)OC. The first-order chi connectivity index (χ1) is 7.08. The first-order valence-corrected chi connectivity index (χ1v) is 5.05. The van der Waals surface area contributed by atoms with Gasteiger partial charge >= 0.3 is 11.9 Å². The summed E-state index contributed by atoms with van der Waals surface area (Å²) >= 11 is 0. The topological polar surface area (TPSA) is 52.6 Å². The lowest BCUT2D eigenvalue weighted by Crippen LogP contribution is -2.41. The van der Waals surface area contributed by atoms with Crippen molar-refractivity contribution in [2.45, 2.75) is 32.6 Å². The van der Waals surface area contributed by atoms with Crippen LogP contribution >= 0.6 is 0 Å². The molecule has 87 valence electrons. The second-order valence-corrected chi connectivity index (χ2v) is 3.42. The summed E-state index contributed by atoms with van der Waals surface area (Å²) in [5, 5.41) is 0. The summed E-state index contributed by atoms with van der Waals surface area (Å²) < 4.78 is 9.35. The van der Waals surface area contributed by atoms with Crippen LogP contribution in [0.2, 0.25) is 0 Å². The van der Waals surface area contributed by atoms with Crippen molar-refractivity contribution in [1.82, 2.24) is 0 Å². The molecule has 0 fully saturated rings. The van der Waals surface area contributed by atoms with Gasteiger partial charge in [0.25, 0.3) is 0 Å². The van der Waals surface area contributed by atoms with Crippen molar-refractivity contribution in [3.05, 3.63) is 6.92 Å². The van der Waals surface area contributed by atoms with E-state index in [9.17, 15) is 9.59 Å². The molecule has 0 rings (SSSR count). The predicted molar refractivity (Wildman–Crippen MR) is 56.0 cm³/mol. The zero-order chi connectivity index (χ0) is 11.9. The van der Waals surface area contributed by atoms with E-state index in [0.29, 0.717) is 25.7 Å². The molecule has 15 heavy (non-hydrogen) atoms. The second-order valence-electron chi connectivity index (χ2n) is 3.42. The average Bonchev–Trinajstić information content (AvgIpc) is 2.26. The summed E-state index contributed by atoms with van der Waals surface area (Å²) in [6.07, 6.45) is 2.00. The van der Waals surface area contributed by atoms with Gasteiger partial charge in [0.2, 0.25) is 0 Å². The Bertz CT molecular complexity index is 199. The number of hydrogen-bond donors (Lipinski definition) is 0. The van der Waals surface area contributed by atoms with Gasteiger partial charge in [-0.05, 0) is 12.8 Å². The van der Waals surface area contributed by atoms with Crippen molar-refractivity contribution in [3.8, 4) is 0 Å². The van der Waals surface area contributed by atoms with Crippen molar-refractivity contribution in [2.24, 2.45) is 5.41 Å². The second kappa shape index (κ2) is 6.43. The van der Waals surface area contributed by atoms with Crippen LogP contribution in [0.1, 0.15) is 32.6 Å². The van der Waals surface area contributed by atoms with Crippen LogP contribution in [0.25, 0.3) is 0 Å².